The topological polar surface area (TPSA) is 82.3 Å². The zero-order valence-corrected chi connectivity index (χ0v) is 18.3. The molecule has 160 valence electrons. The van der Waals surface area contributed by atoms with Gasteiger partial charge in [0, 0.05) is 35.9 Å². The van der Waals surface area contributed by atoms with Crippen molar-refractivity contribution < 1.29 is 14.3 Å². The largest absolute Gasteiger partial charge is 0.466 e. The van der Waals surface area contributed by atoms with Crippen molar-refractivity contribution in [1.29, 1.82) is 0 Å². The number of aliphatic imine (C=N–C) groups is 1. The Bertz CT molecular complexity index is 767. The maximum atomic E-state index is 10.7. The van der Waals surface area contributed by atoms with Crippen LogP contribution in [0.1, 0.15) is 35.4 Å². The van der Waals surface area contributed by atoms with Crippen molar-refractivity contribution in [3.8, 4) is 0 Å². The second kappa shape index (κ2) is 10.2. The van der Waals surface area contributed by atoms with Crippen molar-refractivity contribution in [3.63, 3.8) is 0 Å². The van der Waals surface area contributed by atoms with Gasteiger partial charge in [-0.1, -0.05) is 0 Å². The van der Waals surface area contributed by atoms with Gasteiger partial charge in [0.2, 0.25) is 0 Å². The van der Waals surface area contributed by atoms with Gasteiger partial charge < -0.3 is 24.9 Å². The maximum absolute atomic E-state index is 10.7. The molecule has 0 saturated carbocycles. The summed E-state index contributed by atoms with van der Waals surface area (Å²) in [6.45, 7) is 10.9. The number of thiophene rings is 1. The summed E-state index contributed by atoms with van der Waals surface area (Å²) in [6, 6.07) is 8.18. The summed E-state index contributed by atoms with van der Waals surface area (Å²) in [4.78, 5) is 9.72. The van der Waals surface area contributed by atoms with E-state index in [4.69, 9.17) is 9.15 Å². The summed E-state index contributed by atoms with van der Waals surface area (Å²) in [6.07, 6.45) is 1.56. The number of nitrogens with zero attached hydrogens (tertiary/aromatic N) is 2. The van der Waals surface area contributed by atoms with Crippen molar-refractivity contribution in [2.24, 2.45) is 4.99 Å². The molecule has 0 spiro atoms. The zero-order valence-electron chi connectivity index (χ0n) is 17.5. The zero-order chi connectivity index (χ0) is 20.7. The van der Waals surface area contributed by atoms with Gasteiger partial charge >= 0.3 is 0 Å². The molecule has 0 aromatic carbocycles. The van der Waals surface area contributed by atoms with Gasteiger partial charge in [0.1, 0.15) is 11.4 Å². The summed E-state index contributed by atoms with van der Waals surface area (Å²) < 4.78 is 10.9. The third kappa shape index (κ3) is 6.05. The summed E-state index contributed by atoms with van der Waals surface area (Å²) in [5.41, 5.74) is -1.15. The molecule has 29 heavy (non-hydrogen) atoms. The van der Waals surface area contributed by atoms with Gasteiger partial charge in [-0.3, -0.25) is 4.90 Å². The lowest BCUT2D eigenvalue weighted by Crippen LogP contribution is -2.46. The molecule has 0 bridgehead atoms. The minimum atomic E-state index is -1.15. The van der Waals surface area contributed by atoms with Crippen LogP contribution in [0, 0.1) is 6.92 Å². The van der Waals surface area contributed by atoms with E-state index in [1.165, 1.54) is 9.75 Å². The Morgan fingerprint density at radius 3 is 2.72 bits per heavy atom. The number of furan rings is 1. The number of nitrogens with one attached hydrogen (secondary N) is 2. The first-order chi connectivity index (χ1) is 14.0. The second-order valence-electron chi connectivity index (χ2n) is 7.44. The Hall–Kier alpha value is -1.87. The van der Waals surface area contributed by atoms with Gasteiger partial charge in [0.15, 0.2) is 5.96 Å². The van der Waals surface area contributed by atoms with E-state index in [1.807, 2.05) is 18.3 Å². The predicted molar refractivity (Wildman–Crippen MR) is 116 cm³/mol. The highest BCUT2D eigenvalue weighted by molar-refractivity contribution is 7.12. The van der Waals surface area contributed by atoms with E-state index >= 15 is 0 Å². The SMILES string of the molecule is CCNC(=NCC(C)(O)c1ccco1)NCC(c1ccc(C)s1)N1CCOCC1. The first-order valence-corrected chi connectivity index (χ1v) is 11.0. The molecule has 7 nitrogen and oxygen atoms in total. The molecule has 0 amide bonds. The van der Waals surface area contributed by atoms with Gasteiger partial charge in [0.25, 0.3) is 0 Å². The van der Waals surface area contributed by atoms with Gasteiger partial charge in [-0.25, -0.2) is 4.99 Å². The van der Waals surface area contributed by atoms with Crippen LogP contribution in [0.15, 0.2) is 39.9 Å². The fourth-order valence-electron chi connectivity index (χ4n) is 3.36. The molecule has 2 atom stereocenters. The van der Waals surface area contributed by atoms with Crippen LogP contribution in [0.25, 0.3) is 0 Å². The Morgan fingerprint density at radius 2 is 2.10 bits per heavy atom. The highest BCUT2D eigenvalue weighted by Crippen LogP contribution is 2.28. The molecule has 1 saturated heterocycles. The highest BCUT2D eigenvalue weighted by Gasteiger charge is 2.27. The molecule has 3 N–H and O–H groups in total. The smallest absolute Gasteiger partial charge is 0.191 e. The standard InChI is InChI=1S/C21H32N4O3S/c1-4-22-20(24-15-21(3,26)19-6-5-11-28-19)23-14-17(18-8-7-16(2)29-18)25-9-12-27-13-10-25/h5-8,11,17,26H,4,9-10,12-15H2,1-3H3,(H2,22,23,24). The molecule has 1 aliphatic heterocycles. The quantitative estimate of drug-likeness (QED) is 0.450. The number of aliphatic hydroxyl groups is 1. The van der Waals surface area contributed by atoms with Gasteiger partial charge in [-0.2, -0.15) is 0 Å². The summed E-state index contributed by atoms with van der Waals surface area (Å²) in [7, 11) is 0. The van der Waals surface area contributed by atoms with Crippen LogP contribution in [0.2, 0.25) is 0 Å². The minimum Gasteiger partial charge on any atom is -0.466 e. The van der Waals surface area contributed by atoms with Crippen LogP contribution in [0.5, 0.6) is 0 Å². The monoisotopic (exact) mass is 420 g/mol. The van der Waals surface area contributed by atoms with E-state index in [-0.39, 0.29) is 12.6 Å². The van der Waals surface area contributed by atoms with Gasteiger partial charge in [0.05, 0.1) is 32.1 Å². The van der Waals surface area contributed by atoms with Crippen LogP contribution >= 0.6 is 11.3 Å². The average molecular weight is 421 g/mol. The van der Waals surface area contributed by atoms with Crippen LogP contribution in [-0.4, -0.2) is 61.9 Å². The van der Waals surface area contributed by atoms with Crippen molar-refractivity contribution in [2.45, 2.75) is 32.4 Å². The van der Waals surface area contributed by atoms with Crippen molar-refractivity contribution in [1.82, 2.24) is 15.5 Å². The Labute approximate surface area is 176 Å². The maximum Gasteiger partial charge on any atom is 0.191 e. The number of guanidine groups is 1. The highest BCUT2D eigenvalue weighted by atomic mass is 32.1. The van der Waals surface area contributed by atoms with Crippen LogP contribution in [0.3, 0.4) is 0 Å². The number of morpholine rings is 1. The van der Waals surface area contributed by atoms with E-state index < -0.39 is 5.60 Å². The van der Waals surface area contributed by atoms with Crippen LogP contribution in [-0.2, 0) is 10.3 Å². The molecule has 0 aliphatic carbocycles. The van der Waals surface area contributed by atoms with Crippen molar-refractivity contribution >= 4 is 17.3 Å². The lowest BCUT2D eigenvalue weighted by molar-refractivity contribution is 0.0176. The van der Waals surface area contributed by atoms with Crippen LogP contribution < -0.4 is 10.6 Å². The molecule has 1 fully saturated rings. The first-order valence-electron chi connectivity index (χ1n) is 10.2. The molecule has 3 heterocycles. The summed E-state index contributed by atoms with van der Waals surface area (Å²) in [5, 5.41) is 17.4. The number of aryl methyl sites for hydroxylation is 1. The third-order valence-corrected chi connectivity index (χ3v) is 6.08. The lowest BCUT2D eigenvalue weighted by Gasteiger charge is -2.34. The normalized spacial score (nSPS) is 19.0. The van der Waals surface area contributed by atoms with E-state index in [1.54, 1.807) is 25.3 Å². The summed E-state index contributed by atoms with van der Waals surface area (Å²) >= 11 is 1.84. The molecule has 1 aliphatic rings. The predicted octanol–water partition coefficient (Wildman–Crippen LogP) is 2.49. The number of rotatable bonds is 8. The molecule has 0 radical (unpaired) electrons. The first kappa shape index (κ1) is 21.8. The van der Waals surface area contributed by atoms with Crippen molar-refractivity contribution in [3.05, 3.63) is 46.0 Å². The fourth-order valence-corrected chi connectivity index (χ4v) is 4.37. The molecule has 2 aromatic rings. The fraction of sp³-hybridized carbons (Fsp3) is 0.571. The molecular formula is C21H32N4O3S. The third-order valence-electron chi connectivity index (χ3n) is 4.98. The average Bonchev–Trinajstić information content (AvgIpc) is 3.40. The molecule has 2 unspecified atom stereocenters. The number of ether oxygens (including phenoxy) is 1. The summed E-state index contributed by atoms with van der Waals surface area (Å²) in [5.74, 6) is 1.20. The van der Waals surface area contributed by atoms with Gasteiger partial charge in [-0.05, 0) is 45.0 Å². The van der Waals surface area contributed by atoms with Crippen LogP contribution in [0.4, 0.5) is 0 Å². The molecular weight excluding hydrogens is 388 g/mol. The molecule has 3 rings (SSSR count). The van der Waals surface area contributed by atoms with E-state index in [0.717, 1.165) is 39.4 Å². The van der Waals surface area contributed by atoms with E-state index in [9.17, 15) is 5.11 Å². The van der Waals surface area contributed by atoms with E-state index in [2.05, 4.69) is 39.6 Å². The number of hydrogen-bond donors (Lipinski definition) is 3. The second-order valence-corrected chi connectivity index (χ2v) is 8.76. The van der Waals surface area contributed by atoms with Crippen molar-refractivity contribution in [2.75, 3.05) is 45.9 Å². The van der Waals surface area contributed by atoms with Gasteiger partial charge in [-0.15, -0.1) is 11.3 Å². The Morgan fingerprint density at radius 1 is 1.31 bits per heavy atom. The lowest BCUT2D eigenvalue weighted by atomic mass is 10.0. The molecule has 8 heteroatoms. The molecule has 2 aromatic heterocycles. The number of hydrogen-bond acceptors (Lipinski definition) is 6. The van der Waals surface area contributed by atoms with E-state index in [0.29, 0.717) is 11.7 Å². The minimum absolute atomic E-state index is 0.205. The Balaban J connectivity index is 1.68. The Kier molecular flexibility index (Phi) is 7.71.